The van der Waals surface area contributed by atoms with E-state index in [-0.39, 0.29) is 11.8 Å². The summed E-state index contributed by atoms with van der Waals surface area (Å²) in [7, 11) is 0. The molecule has 0 aromatic heterocycles. The van der Waals surface area contributed by atoms with Crippen LogP contribution in [0.25, 0.3) is 0 Å². The second kappa shape index (κ2) is 5.21. The predicted molar refractivity (Wildman–Crippen MR) is 71.1 cm³/mol. The molecule has 2 rings (SSSR count). The van der Waals surface area contributed by atoms with Gasteiger partial charge in [0.2, 0.25) is 0 Å². The lowest BCUT2D eigenvalue weighted by atomic mass is 10.1. The van der Waals surface area contributed by atoms with E-state index in [1.54, 1.807) is 12.1 Å². The second-order valence-corrected chi connectivity index (χ2v) is 3.82. The number of hydrogen-bond acceptors (Lipinski definition) is 2. The minimum absolute atomic E-state index is 0.00972. The van der Waals surface area contributed by atoms with Crippen LogP contribution in [0.15, 0.2) is 67.3 Å². The Bertz CT molecular complexity index is 493. The first-order valence-electron chi connectivity index (χ1n) is 5.52. The van der Waals surface area contributed by atoms with E-state index in [0.29, 0.717) is 0 Å². The number of rotatable bonds is 4. The average Bonchev–Trinajstić information content (AvgIpc) is 2.37. The highest BCUT2D eigenvalue weighted by atomic mass is 16.3. The fourth-order valence-electron chi connectivity index (χ4n) is 1.71. The predicted octanol–water partition coefficient (Wildman–Crippen LogP) is 3.73. The molecule has 0 saturated carbocycles. The molecule has 17 heavy (non-hydrogen) atoms. The van der Waals surface area contributed by atoms with Gasteiger partial charge in [0.1, 0.15) is 5.75 Å². The molecule has 86 valence electrons. The summed E-state index contributed by atoms with van der Waals surface area (Å²) in [5.74, 6) is 0.268. The molecule has 0 amide bonds. The van der Waals surface area contributed by atoms with Gasteiger partial charge >= 0.3 is 0 Å². The Morgan fingerprint density at radius 3 is 2.47 bits per heavy atom. The van der Waals surface area contributed by atoms with E-state index in [1.807, 2.05) is 48.5 Å². The third-order valence-electron chi connectivity index (χ3n) is 2.56. The summed E-state index contributed by atoms with van der Waals surface area (Å²) in [6.07, 6.45) is 1.82. The van der Waals surface area contributed by atoms with Crippen LogP contribution in [-0.4, -0.2) is 5.11 Å². The van der Waals surface area contributed by atoms with Gasteiger partial charge in [-0.3, -0.25) is 0 Å². The van der Waals surface area contributed by atoms with Crippen molar-refractivity contribution in [3.8, 4) is 5.75 Å². The summed E-state index contributed by atoms with van der Waals surface area (Å²) in [6.45, 7) is 3.82. The first-order chi connectivity index (χ1) is 8.29. The van der Waals surface area contributed by atoms with Gasteiger partial charge in [0.05, 0.1) is 6.04 Å². The minimum Gasteiger partial charge on any atom is -0.508 e. The topological polar surface area (TPSA) is 32.3 Å². The molecule has 0 heterocycles. The smallest absolute Gasteiger partial charge is 0.115 e. The number of hydrogen-bond donors (Lipinski definition) is 2. The Hall–Kier alpha value is -2.22. The summed E-state index contributed by atoms with van der Waals surface area (Å²) in [4.78, 5) is 0. The minimum atomic E-state index is -0.00972. The summed E-state index contributed by atoms with van der Waals surface area (Å²) in [5.41, 5.74) is 2.02. The molecule has 0 aliphatic carbocycles. The van der Waals surface area contributed by atoms with Crippen LogP contribution in [0.3, 0.4) is 0 Å². The highest BCUT2D eigenvalue weighted by Crippen LogP contribution is 2.23. The van der Waals surface area contributed by atoms with E-state index in [2.05, 4.69) is 11.9 Å². The van der Waals surface area contributed by atoms with Crippen molar-refractivity contribution in [2.45, 2.75) is 6.04 Å². The zero-order valence-electron chi connectivity index (χ0n) is 9.51. The highest BCUT2D eigenvalue weighted by Gasteiger charge is 2.07. The van der Waals surface area contributed by atoms with Crippen molar-refractivity contribution in [1.82, 2.24) is 0 Å². The molecular formula is C15H15NO. The Kier molecular flexibility index (Phi) is 3.46. The number of phenols is 1. The van der Waals surface area contributed by atoms with Crippen LogP contribution >= 0.6 is 0 Å². The van der Waals surface area contributed by atoms with Crippen LogP contribution in [0, 0.1) is 0 Å². The van der Waals surface area contributed by atoms with Gasteiger partial charge in [-0.15, -0.1) is 6.58 Å². The van der Waals surface area contributed by atoms with E-state index < -0.39 is 0 Å². The maximum absolute atomic E-state index is 9.46. The molecule has 0 aliphatic rings. The highest BCUT2D eigenvalue weighted by molar-refractivity contribution is 5.47. The lowest BCUT2D eigenvalue weighted by Crippen LogP contribution is -2.07. The fourth-order valence-corrected chi connectivity index (χ4v) is 1.71. The van der Waals surface area contributed by atoms with E-state index in [1.165, 1.54) is 0 Å². The molecule has 2 aromatic rings. The second-order valence-electron chi connectivity index (χ2n) is 3.82. The standard InChI is InChI=1S/C15H15NO/c1-2-15(12-7-6-10-14(17)11-12)16-13-8-4-3-5-9-13/h2-11,15-17H,1H2. The molecule has 0 radical (unpaired) electrons. The molecule has 2 aromatic carbocycles. The summed E-state index contributed by atoms with van der Waals surface area (Å²) < 4.78 is 0. The number of phenolic OH excluding ortho intramolecular Hbond substituents is 1. The lowest BCUT2D eigenvalue weighted by Gasteiger charge is -2.16. The quantitative estimate of drug-likeness (QED) is 0.777. The summed E-state index contributed by atoms with van der Waals surface area (Å²) in [5, 5.41) is 12.8. The zero-order chi connectivity index (χ0) is 12.1. The number of nitrogens with one attached hydrogen (secondary N) is 1. The van der Waals surface area contributed by atoms with E-state index >= 15 is 0 Å². The monoisotopic (exact) mass is 225 g/mol. The van der Waals surface area contributed by atoms with Gasteiger partial charge in [-0.25, -0.2) is 0 Å². The Labute approximate surface area is 101 Å². The Balaban J connectivity index is 2.20. The van der Waals surface area contributed by atoms with Gasteiger partial charge in [0.15, 0.2) is 0 Å². The number of aromatic hydroxyl groups is 1. The molecular weight excluding hydrogens is 210 g/mol. The SMILES string of the molecule is C=CC(Nc1ccccc1)c1cccc(O)c1. The first-order valence-corrected chi connectivity index (χ1v) is 5.52. The van der Waals surface area contributed by atoms with Gasteiger partial charge in [0, 0.05) is 5.69 Å². The van der Waals surface area contributed by atoms with E-state index in [4.69, 9.17) is 0 Å². The Morgan fingerprint density at radius 1 is 1.06 bits per heavy atom. The molecule has 0 bridgehead atoms. The van der Waals surface area contributed by atoms with Crippen LogP contribution in [-0.2, 0) is 0 Å². The molecule has 2 N–H and O–H groups in total. The maximum atomic E-state index is 9.46. The van der Waals surface area contributed by atoms with Crippen LogP contribution in [0.2, 0.25) is 0 Å². The van der Waals surface area contributed by atoms with Crippen molar-refractivity contribution in [2.75, 3.05) is 5.32 Å². The van der Waals surface area contributed by atoms with E-state index in [0.717, 1.165) is 11.3 Å². The van der Waals surface area contributed by atoms with Crippen molar-refractivity contribution in [2.24, 2.45) is 0 Å². The van der Waals surface area contributed by atoms with E-state index in [9.17, 15) is 5.11 Å². The maximum Gasteiger partial charge on any atom is 0.115 e. The third kappa shape index (κ3) is 2.88. The van der Waals surface area contributed by atoms with Crippen LogP contribution in [0.4, 0.5) is 5.69 Å². The molecule has 2 heteroatoms. The Morgan fingerprint density at radius 2 is 1.82 bits per heavy atom. The van der Waals surface area contributed by atoms with Gasteiger partial charge in [0.25, 0.3) is 0 Å². The molecule has 0 fully saturated rings. The lowest BCUT2D eigenvalue weighted by molar-refractivity contribution is 0.474. The van der Waals surface area contributed by atoms with Crippen molar-refractivity contribution in [1.29, 1.82) is 0 Å². The van der Waals surface area contributed by atoms with Crippen LogP contribution in [0.1, 0.15) is 11.6 Å². The van der Waals surface area contributed by atoms with Gasteiger partial charge < -0.3 is 10.4 Å². The number of para-hydroxylation sites is 1. The van der Waals surface area contributed by atoms with Gasteiger partial charge in [-0.2, -0.15) is 0 Å². The fraction of sp³-hybridized carbons (Fsp3) is 0.0667. The number of anilines is 1. The van der Waals surface area contributed by atoms with Crippen molar-refractivity contribution in [3.63, 3.8) is 0 Å². The first kappa shape index (κ1) is 11.3. The normalized spacial score (nSPS) is 11.8. The van der Waals surface area contributed by atoms with Crippen molar-refractivity contribution < 1.29 is 5.11 Å². The molecule has 1 unspecified atom stereocenters. The zero-order valence-corrected chi connectivity index (χ0v) is 9.51. The van der Waals surface area contributed by atoms with Crippen molar-refractivity contribution in [3.05, 3.63) is 72.8 Å². The molecule has 0 spiro atoms. The molecule has 1 atom stereocenters. The van der Waals surface area contributed by atoms with Crippen molar-refractivity contribution >= 4 is 5.69 Å². The molecule has 2 nitrogen and oxygen atoms in total. The number of benzene rings is 2. The largest absolute Gasteiger partial charge is 0.508 e. The van der Waals surface area contributed by atoms with Crippen LogP contribution in [0.5, 0.6) is 5.75 Å². The molecule has 0 saturated heterocycles. The summed E-state index contributed by atoms with van der Waals surface area (Å²) >= 11 is 0. The molecule has 0 aliphatic heterocycles. The van der Waals surface area contributed by atoms with Gasteiger partial charge in [-0.1, -0.05) is 36.4 Å². The third-order valence-corrected chi connectivity index (χ3v) is 2.56. The average molecular weight is 225 g/mol. The van der Waals surface area contributed by atoms with Crippen LogP contribution < -0.4 is 5.32 Å². The summed E-state index contributed by atoms with van der Waals surface area (Å²) in [6, 6.07) is 17.1. The van der Waals surface area contributed by atoms with Gasteiger partial charge in [-0.05, 0) is 29.8 Å².